The molecule has 0 aromatic heterocycles. The second-order valence-electron chi connectivity index (χ2n) is 9.25. The Morgan fingerprint density at radius 3 is 2.42 bits per heavy atom. The fourth-order valence-corrected chi connectivity index (χ4v) is 3.98. The molecule has 1 aliphatic rings. The number of anilines is 1. The molecule has 8 heteroatoms. The van der Waals surface area contributed by atoms with Crippen molar-refractivity contribution in [3.8, 4) is 11.5 Å². The first-order chi connectivity index (χ1) is 15.6. The highest BCUT2D eigenvalue weighted by molar-refractivity contribution is 5.90. The first-order valence-electron chi connectivity index (χ1n) is 11.1. The standard InChI is InChI=1S/C25H34N4O4/c1-16-8-7-9-18(12-16)27-24(31)29-11-10-17-13-21(32-5)22(33-6)14-19(17)20(29)15-26-23(30)28-25(2,3)4/h7-9,12-14,20H,10-11,15H2,1-6H3,(H,27,31)(H2,26,28,30). The van der Waals surface area contributed by atoms with E-state index in [4.69, 9.17) is 9.47 Å². The molecule has 1 aliphatic heterocycles. The lowest BCUT2D eigenvalue weighted by Gasteiger charge is -2.38. The van der Waals surface area contributed by atoms with E-state index in [0.29, 0.717) is 24.5 Å². The summed E-state index contributed by atoms with van der Waals surface area (Å²) in [5.74, 6) is 1.23. The number of aryl methyl sites for hydroxylation is 1. The summed E-state index contributed by atoms with van der Waals surface area (Å²) < 4.78 is 11.0. The van der Waals surface area contributed by atoms with Gasteiger partial charge >= 0.3 is 12.1 Å². The number of nitrogens with zero attached hydrogens (tertiary/aromatic N) is 1. The summed E-state index contributed by atoms with van der Waals surface area (Å²) in [6.45, 7) is 8.50. The lowest BCUT2D eigenvalue weighted by Crippen LogP contribution is -2.51. The zero-order chi connectivity index (χ0) is 24.2. The van der Waals surface area contributed by atoms with E-state index in [9.17, 15) is 9.59 Å². The highest BCUT2D eigenvalue weighted by Gasteiger charge is 2.33. The van der Waals surface area contributed by atoms with E-state index in [0.717, 1.165) is 22.4 Å². The number of fused-ring (bicyclic) bond motifs is 1. The fraction of sp³-hybridized carbons (Fsp3) is 0.440. The second-order valence-corrected chi connectivity index (χ2v) is 9.25. The van der Waals surface area contributed by atoms with E-state index in [1.54, 1.807) is 19.1 Å². The van der Waals surface area contributed by atoms with Gasteiger partial charge < -0.3 is 30.3 Å². The fourth-order valence-electron chi connectivity index (χ4n) is 3.98. The molecule has 0 saturated carbocycles. The van der Waals surface area contributed by atoms with Crippen LogP contribution in [0, 0.1) is 6.92 Å². The van der Waals surface area contributed by atoms with Gasteiger partial charge in [-0.25, -0.2) is 9.59 Å². The molecular weight excluding hydrogens is 420 g/mol. The maximum Gasteiger partial charge on any atom is 0.322 e. The van der Waals surface area contributed by atoms with Crippen LogP contribution in [0.3, 0.4) is 0 Å². The van der Waals surface area contributed by atoms with Crippen molar-refractivity contribution in [2.75, 3.05) is 32.6 Å². The van der Waals surface area contributed by atoms with Crippen LogP contribution >= 0.6 is 0 Å². The molecule has 3 N–H and O–H groups in total. The van der Waals surface area contributed by atoms with Crippen LogP contribution in [0.2, 0.25) is 0 Å². The van der Waals surface area contributed by atoms with E-state index < -0.39 is 0 Å². The quantitative estimate of drug-likeness (QED) is 0.630. The zero-order valence-electron chi connectivity index (χ0n) is 20.2. The third-order valence-electron chi connectivity index (χ3n) is 5.48. The number of benzene rings is 2. The lowest BCUT2D eigenvalue weighted by molar-refractivity contribution is 0.178. The van der Waals surface area contributed by atoms with Crippen LogP contribution in [0.15, 0.2) is 36.4 Å². The Morgan fingerprint density at radius 2 is 1.79 bits per heavy atom. The van der Waals surface area contributed by atoms with Gasteiger partial charge in [-0.15, -0.1) is 0 Å². The maximum atomic E-state index is 13.3. The number of hydrogen-bond donors (Lipinski definition) is 3. The maximum absolute atomic E-state index is 13.3. The number of amides is 4. The van der Waals surface area contributed by atoms with Crippen LogP contribution < -0.4 is 25.4 Å². The van der Waals surface area contributed by atoms with E-state index >= 15 is 0 Å². The van der Waals surface area contributed by atoms with Crippen molar-refractivity contribution in [1.29, 1.82) is 0 Å². The third kappa shape index (κ3) is 6.09. The van der Waals surface area contributed by atoms with Gasteiger partial charge in [-0.2, -0.15) is 0 Å². The van der Waals surface area contributed by atoms with Crippen molar-refractivity contribution in [3.63, 3.8) is 0 Å². The summed E-state index contributed by atoms with van der Waals surface area (Å²) in [6.07, 6.45) is 0.668. The number of nitrogens with one attached hydrogen (secondary N) is 3. The first-order valence-corrected chi connectivity index (χ1v) is 11.1. The first kappa shape index (κ1) is 24.2. The molecule has 0 aliphatic carbocycles. The topological polar surface area (TPSA) is 91.9 Å². The van der Waals surface area contributed by atoms with E-state index in [-0.39, 0.29) is 30.2 Å². The van der Waals surface area contributed by atoms with Crippen molar-refractivity contribution in [2.45, 2.75) is 45.7 Å². The van der Waals surface area contributed by atoms with Crippen LogP contribution in [0.25, 0.3) is 0 Å². The van der Waals surface area contributed by atoms with Crippen molar-refractivity contribution in [1.82, 2.24) is 15.5 Å². The largest absolute Gasteiger partial charge is 0.493 e. The average molecular weight is 455 g/mol. The van der Waals surface area contributed by atoms with Crippen molar-refractivity contribution < 1.29 is 19.1 Å². The molecule has 0 spiro atoms. The van der Waals surface area contributed by atoms with Gasteiger partial charge in [-0.05, 0) is 75.1 Å². The zero-order valence-corrected chi connectivity index (χ0v) is 20.2. The van der Waals surface area contributed by atoms with Gasteiger partial charge in [0, 0.05) is 24.3 Å². The molecule has 1 atom stereocenters. The SMILES string of the molecule is COc1cc2c(cc1OC)C(CNC(=O)NC(C)(C)C)N(C(=O)Nc1cccc(C)c1)CC2. The van der Waals surface area contributed by atoms with Gasteiger partial charge in [0.15, 0.2) is 11.5 Å². The molecule has 2 aromatic rings. The highest BCUT2D eigenvalue weighted by Crippen LogP contribution is 2.38. The number of hydrogen-bond acceptors (Lipinski definition) is 4. The van der Waals surface area contributed by atoms with Gasteiger partial charge in [-0.3, -0.25) is 0 Å². The molecule has 8 nitrogen and oxygen atoms in total. The minimum atomic E-state index is -0.371. The molecule has 0 bridgehead atoms. The summed E-state index contributed by atoms with van der Waals surface area (Å²) in [5, 5.41) is 8.82. The van der Waals surface area contributed by atoms with E-state index in [1.807, 2.05) is 64.1 Å². The molecule has 0 radical (unpaired) electrons. The number of rotatable bonds is 5. The molecule has 178 valence electrons. The molecule has 3 rings (SSSR count). The average Bonchev–Trinajstić information content (AvgIpc) is 2.75. The van der Waals surface area contributed by atoms with Gasteiger partial charge in [0.2, 0.25) is 0 Å². The van der Waals surface area contributed by atoms with Gasteiger partial charge in [0.25, 0.3) is 0 Å². The second kappa shape index (κ2) is 10.0. The highest BCUT2D eigenvalue weighted by atomic mass is 16.5. The summed E-state index contributed by atoms with van der Waals surface area (Å²) in [5.41, 5.74) is 3.42. The predicted octanol–water partition coefficient (Wildman–Crippen LogP) is 4.24. The Hall–Kier alpha value is -3.42. The van der Waals surface area contributed by atoms with Gasteiger partial charge in [0.1, 0.15) is 0 Å². The Morgan fingerprint density at radius 1 is 1.09 bits per heavy atom. The summed E-state index contributed by atoms with van der Waals surface area (Å²) in [6, 6.07) is 10.6. The van der Waals surface area contributed by atoms with Gasteiger partial charge in [0.05, 0.1) is 20.3 Å². The summed E-state index contributed by atoms with van der Waals surface area (Å²) in [7, 11) is 3.18. The molecule has 2 aromatic carbocycles. The molecular formula is C25H34N4O4. The number of ether oxygens (including phenoxy) is 2. The number of urea groups is 2. The van der Waals surface area contributed by atoms with Crippen molar-refractivity contribution in [3.05, 3.63) is 53.1 Å². The van der Waals surface area contributed by atoms with Gasteiger partial charge in [-0.1, -0.05) is 12.1 Å². The Kier molecular flexibility index (Phi) is 7.36. The van der Waals surface area contributed by atoms with Crippen LogP contribution in [-0.4, -0.2) is 49.8 Å². The minimum absolute atomic E-state index is 0.218. The number of carbonyl (C=O) groups excluding carboxylic acids is 2. The summed E-state index contributed by atoms with van der Waals surface area (Å²) >= 11 is 0. The smallest absolute Gasteiger partial charge is 0.322 e. The molecule has 33 heavy (non-hydrogen) atoms. The Balaban J connectivity index is 1.89. The third-order valence-corrected chi connectivity index (χ3v) is 5.48. The Labute approximate surface area is 195 Å². The number of methoxy groups -OCH3 is 2. The normalized spacial score (nSPS) is 15.3. The van der Waals surface area contributed by atoms with Crippen LogP contribution in [0.5, 0.6) is 11.5 Å². The van der Waals surface area contributed by atoms with Crippen LogP contribution in [-0.2, 0) is 6.42 Å². The van der Waals surface area contributed by atoms with Crippen molar-refractivity contribution in [2.24, 2.45) is 0 Å². The minimum Gasteiger partial charge on any atom is -0.493 e. The predicted molar refractivity (Wildman–Crippen MR) is 129 cm³/mol. The number of carbonyl (C=O) groups is 2. The van der Waals surface area contributed by atoms with Crippen LogP contribution in [0.1, 0.15) is 43.5 Å². The monoisotopic (exact) mass is 454 g/mol. The Bertz CT molecular complexity index is 1020. The molecule has 1 heterocycles. The van der Waals surface area contributed by atoms with E-state index in [1.165, 1.54) is 0 Å². The van der Waals surface area contributed by atoms with Crippen LogP contribution in [0.4, 0.5) is 15.3 Å². The summed E-state index contributed by atoms with van der Waals surface area (Å²) in [4.78, 5) is 27.5. The molecule has 4 amide bonds. The van der Waals surface area contributed by atoms with E-state index in [2.05, 4.69) is 16.0 Å². The van der Waals surface area contributed by atoms with Crippen molar-refractivity contribution >= 4 is 17.7 Å². The molecule has 0 fully saturated rings. The molecule has 1 unspecified atom stereocenters. The molecule has 0 saturated heterocycles. The lowest BCUT2D eigenvalue weighted by atomic mass is 9.92.